The van der Waals surface area contributed by atoms with Crippen LogP contribution < -0.4 is 0 Å². The van der Waals surface area contributed by atoms with E-state index in [1.807, 2.05) is 0 Å². The molecule has 0 amide bonds. The first kappa shape index (κ1) is 22.9. The van der Waals surface area contributed by atoms with Crippen LogP contribution in [0.15, 0.2) is 48.5 Å². The van der Waals surface area contributed by atoms with Crippen molar-refractivity contribution in [3.63, 3.8) is 0 Å². The first-order chi connectivity index (χ1) is 15.2. The summed E-state index contributed by atoms with van der Waals surface area (Å²) in [5.74, 6) is 4.69. The fourth-order valence-electron chi connectivity index (χ4n) is 6.33. The van der Waals surface area contributed by atoms with E-state index >= 15 is 0 Å². The van der Waals surface area contributed by atoms with Gasteiger partial charge in [0.25, 0.3) is 0 Å². The molecule has 1 heteroatoms. The van der Waals surface area contributed by atoms with E-state index in [0.717, 1.165) is 23.7 Å². The second-order valence-corrected chi connectivity index (χ2v) is 10.7. The van der Waals surface area contributed by atoms with Gasteiger partial charge in [-0.2, -0.15) is 0 Å². The van der Waals surface area contributed by atoms with Gasteiger partial charge in [0.1, 0.15) is 0 Å². The third kappa shape index (κ3) is 6.38. The van der Waals surface area contributed by atoms with E-state index in [-0.39, 0.29) is 0 Å². The molecule has 0 nitrogen and oxygen atoms in total. The monoisotopic (exact) mass is 436 g/mol. The smallest absolute Gasteiger partial charge is 0.0474 e. The van der Waals surface area contributed by atoms with Crippen LogP contribution in [0.4, 0.5) is 0 Å². The predicted molar refractivity (Wildman–Crippen MR) is 136 cm³/mol. The van der Waals surface area contributed by atoms with Gasteiger partial charge in [0.2, 0.25) is 0 Å². The average molecular weight is 437 g/mol. The third-order valence-corrected chi connectivity index (χ3v) is 8.69. The number of alkyl halides is 1. The van der Waals surface area contributed by atoms with Crippen molar-refractivity contribution in [1.82, 2.24) is 0 Å². The quantitative estimate of drug-likeness (QED) is 0.361. The fraction of sp³-hybridized carbons (Fsp3) is 0.600. The van der Waals surface area contributed by atoms with Crippen molar-refractivity contribution in [1.29, 1.82) is 0 Å². The molecular weight excluding hydrogens is 396 g/mol. The standard InChI is InChI=1S/C30H41Cl/c1-2-3-23-6-14-27(15-7-23)28-16-8-24(9-17-28)4-5-25-10-18-29(19-11-25)30-20-12-26(22-31)13-21-30/h10-13,18-21,23-24,27-28H,2-9,14-17,22H2,1H3/t23-,24?,27-,28?. The second-order valence-electron chi connectivity index (χ2n) is 10.4. The molecule has 0 saturated heterocycles. The Bertz CT molecular complexity index is 759. The molecule has 168 valence electrons. The summed E-state index contributed by atoms with van der Waals surface area (Å²) in [5, 5.41) is 0. The van der Waals surface area contributed by atoms with E-state index < -0.39 is 0 Å². The lowest BCUT2D eigenvalue weighted by Gasteiger charge is -2.38. The van der Waals surface area contributed by atoms with Crippen molar-refractivity contribution in [3.05, 3.63) is 59.7 Å². The largest absolute Gasteiger partial charge is 0.122 e. The highest BCUT2D eigenvalue weighted by atomic mass is 35.5. The molecule has 2 fully saturated rings. The summed E-state index contributed by atoms with van der Waals surface area (Å²) in [4.78, 5) is 0. The van der Waals surface area contributed by atoms with Crippen LogP contribution >= 0.6 is 11.6 Å². The number of aryl methyl sites for hydroxylation is 1. The SMILES string of the molecule is CCC[C@H]1CC[C@H](C2CCC(CCc3ccc(-c4ccc(CCl)cc4)cc3)CC2)CC1. The molecule has 2 aromatic rings. The van der Waals surface area contributed by atoms with Gasteiger partial charge in [-0.05, 0) is 84.5 Å². The maximum Gasteiger partial charge on any atom is 0.0474 e. The predicted octanol–water partition coefficient (Wildman–Crippen LogP) is 9.44. The van der Waals surface area contributed by atoms with Crippen molar-refractivity contribution in [3.8, 4) is 11.1 Å². The van der Waals surface area contributed by atoms with Crippen LogP contribution in [0.1, 0.15) is 88.7 Å². The zero-order valence-corrected chi connectivity index (χ0v) is 20.3. The Hall–Kier alpha value is -1.27. The number of rotatable bonds is 8. The minimum Gasteiger partial charge on any atom is -0.122 e. The topological polar surface area (TPSA) is 0 Å². The molecule has 0 aliphatic heterocycles. The lowest BCUT2D eigenvalue weighted by Crippen LogP contribution is -2.26. The maximum atomic E-state index is 5.91. The minimum atomic E-state index is 0.585. The Labute approximate surface area is 195 Å². The van der Waals surface area contributed by atoms with Crippen LogP contribution in [-0.2, 0) is 12.3 Å². The molecule has 0 spiro atoms. The van der Waals surface area contributed by atoms with Gasteiger partial charge in [-0.15, -0.1) is 11.6 Å². The molecule has 31 heavy (non-hydrogen) atoms. The molecule has 0 radical (unpaired) electrons. The van der Waals surface area contributed by atoms with Gasteiger partial charge < -0.3 is 0 Å². The highest BCUT2D eigenvalue weighted by Gasteiger charge is 2.30. The summed E-state index contributed by atoms with van der Waals surface area (Å²) in [6, 6.07) is 17.9. The van der Waals surface area contributed by atoms with Gasteiger partial charge in [-0.3, -0.25) is 0 Å². The molecule has 0 heterocycles. The molecule has 2 aliphatic rings. The molecule has 0 aromatic heterocycles. The van der Waals surface area contributed by atoms with Gasteiger partial charge in [0.05, 0.1) is 0 Å². The third-order valence-electron chi connectivity index (χ3n) is 8.38. The van der Waals surface area contributed by atoms with Crippen molar-refractivity contribution in [2.75, 3.05) is 0 Å². The van der Waals surface area contributed by atoms with E-state index in [0.29, 0.717) is 5.88 Å². The summed E-state index contributed by atoms with van der Waals surface area (Å²) in [6.07, 6.45) is 17.5. The zero-order valence-electron chi connectivity index (χ0n) is 19.5. The average Bonchev–Trinajstić information content (AvgIpc) is 2.84. The molecule has 2 aromatic carbocycles. The summed E-state index contributed by atoms with van der Waals surface area (Å²) in [5.41, 5.74) is 5.26. The lowest BCUT2D eigenvalue weighted by atomic mass is 9.68. The van der Waals surface area contributed by atoms with E-state index in [4.69, 9.17) is 11.6 Å². The summed E-state index contributed by atoms with van der Waals surface area (Å²) < 4.78 is 0. The van der Waals surface area contributed by atoms with Gasteiger partial charge in [-0.1, -0.05) is 94.0 Å². The number of benzene rings is 2. The van der Waals surface area contributed by atoms with Crippen molar-refractivity contribution in [2.45, 2.75) is 89.9 Å². The fourth-order valence-corrected chi connectivity index (χ4v) is 6.50. The number of halogens is 1. The van der Waals surface area contributed by atoms with Crippen LogP contribution in [0.3, 0.4) is 0 Å². The Balaban J connectivity index is 1.19. The number of hydrogen-bond donors (Lipinski definition) is 0. The highest BCUT2D eigenvalue weighted by Crippen LogP contribution is 2.43. The van der Waals surface area contributed by atoms with E-state index in [1.165, 1.54) is 99.3 Å². The van der Waals surface area contributed by atoms with E-state index in [9.17, 15) is 0 Å². The summed E-state index contributed by atoms with van der Waals surface area (Å²) >= 11 is 5.91. The number of hydrogen-bond acceptors (Lipinski definition) is 0. The van der Waals surface area contributed by atoms with Crippen molar-refractivity contribution >= 4 is 11.6 Å². The van der Waals surface area contributed by atoms with Crippen molar-refractivity contribution < 1.29 is 0 Å². The van der Waals surface area contributed by atoms with E-state index in [2.05, 4.69) is 55.5 Å². The second kappa shape index (κ2) is 11.6. The van der Waals surface area contributed by atoms with E-state index in [1.54, 1.807) is 0 Å². The summed E-state index contributed by atoms with van der Waals surface area (Å²) in [7, 11) is 0. The first-order valence-electron chi connectivity index (χ1n) is 13.0. The van der Waals surface area contributed by atoms with Gasteiger partial charge >= 0.3 is 0 Å². The molecular formula is C30H41Cl. The van der Waals surface area contributed by atoms with Gasteiger partial charge in [0.15, 0.2) is 0 Å². The first-order valence-corrected chi connectivity index (χ1v) is 13.5. The van der Waals surface area contributed by atoms with Gasteiger partial charge in [-0.25, -0.2) is 0 Å². The Morgan fingerprint density at radius 3 is 1.52 bits per heavy atom. The summed E-state index contributed by atoms with van der Waals surface area (Å²) in [6.45, 7) is 2.35. The Kier molecular flexibility index (Phi) is 8.54. The van der Waals surface area contributed by atoms with Crippen molar-refractivity contribution in [2.24, 2.45) is 23.7 Å². The highest BCUT2D eigenvalue weighted by molar-refractivity contribution is 6.17. The Morgan fingerprint density at radius 2 is 1.06 bits per heavy atom. The van der Waals surface area contributed by atoms with Crippen LogP contribution in [0.25, 0.3) is 11.1 Å². The maximum absolute atomic E-state index is 5.91. The molecule has 0 N–H and O–H groups in total. The zero-order chi connectivity index (χ0) is 21.5. The van der Waals surface area contributed by atoms with Crippen LogP contribution in [0.5, 0.6) is 0 Å². The molecule has 0 bridgehead atoms. The van der Waals surface area contributed by atoms with Gasteiger partial charge in [0, 0.05) is 5.88 Å². The van der Waals surface area contributed by atoms with Crippen LogP contribution in [-0.4, -0.2) is 0 Å². The normalized spacial score (nSPS) is 26.6. The van der Waals surface area contributed by atoms with Crippen LogP contribution in [0, 0.1) is 23.7 Å². The molecule has 2 saturated carbocycles. The van der Waals surface area contributed by atoms with Crippen LogP contribution in [0.2, 0.25) is 0 Å². The molecule has 2 aliphatic carbocycles. The minimum absolute atomic E-state index is 0.585. The lowest BCUT2D eigenvalue weighted by molar-refractivity contribution is 0.141. The molecule has 0 unspecified atom stereocenters. The molecule has 0 atom stereocenters. The Morgan fingerprint density at radius 1 is 0.613 bits per heavy atom. The molecule has 4 rings (SSSR count).